The van der Waals surface area contributed by atoms with E-state index in [1.165, 1.54) is 12.1 Å². The number of likely N-dealkylation sites (tertiary alicyclic amines) is 2. The molecule has 7 nitrogen and oxygen atoms in total. The Labute approximate surface area is 231 Å². The van der Waals surface area contributed by atoms with E-state index in [0.29, 0.717) is 77.1 Å². The molecule has 0 N–H and O–H groups in total. The van der Waals surface area contributed by atoms with Crippen LogP contribution in [-0.4, -0.2) is 70.8 Å². The number of alkyl halides is 3. The molecule has 2 aromatic rings. The average molecular weight is 558 g/mol. The molecule has 3 fully saturated rings. The number of Topliss-reactive ketones (excluding diaryl/α,β-unsaturated/α-hetero) is 1. The highest BCUT2D eigenvalue weighted by atomic mass is 19.4. The van der Waals surface area contributed by atoms with Gasteiger partial charge in [0.15, 0.2) is 0 Å². The minimum Gasteiger partial charge on any atom is -0.441 e. The van der Waals surface area contributed by atoms with Crippen LogP contribution in [0.5, 0.6) is 0 Å². The monoisotopic (exact) mass is 557 g/mol. The summed E-state index contributed by atoms with van der Waals surface area (Å²) in [5.74, 6) is 0.180. The van der Waals surface area contributed by atoms with E-state index in [-0.39, 0.29) is 23.7 Å². The first-order valence-electron chi connectivity index (χ1n) is 13.8. The molecular formula is C30H34F3N3O4. The summed E-state index contributed by atoms with van der Waals surface area (Å²) >= 11 is 0. The van der Waals surface area contributed by atoms with Gasteiger partial charge >= 0.3 is 12.3 Å². The summed E-state index contributed by atoms with van der Waals surface area (Å²) in [5, 5.41) is 0. The van der Waals surface area contributed by atoms with E-state index >= 15 is 0 Å². The van der Waals surface area contributed by atoms with Crippen molar-refractivity contribution in [1.29, 1.82) is 0 Å². The highest BCUT2D eigenvalue weighted by molar-refractivity contribution is 5.94. The van der Waals surface area contributed by atoms with Crippen LogP contribution in [0.4, 0.5) is 18.0 Å². The number of benzene rings is 2. The molecule has 0 unspecified atom stereocenters. The van der Waals surface area contributed by atoms with Gasteiger partial charge < -0.3 is 9.64 Å². The number of rotatable bonds is 6. The smallest absolute Gasteiger partial charge is 0.416 e. The standard InChI is InChI=1S/C30H34F3N3O4/c1-21(37)24-10-14-35(15-11-24)27(38)25-6-2-23(3-7-25)19-36-20-29(40-28(36)39)12-16-34(17-13-29)18-22-4-8-26(9-5-22)30(31,32)33/h2-9,24H,10-20H2,1H3. The number of carbonyl (C=O) groups is 3. The molecule has 1 spiro atoms. The molecule has 5 rings (SSSR count). The number of nitrogens with zero attached hydrogens (tertiary/aromatic N) is 3. The molecule has 40 heavy (non-hydrogen) atoms. The third-order valence-electron chi connectivity index (χ3n) is 8.43. The average Bonchev–Trinajstić information content (AvgIpc) is 3.24. The van der Waals surface area contributed by atoms with Crippen molar-refractivity contribution < 1.29 is 32.3 Å². The van der Waals surface area contributed by atoms with Gasteiger partial charge in [0.2, 0.25) is 0 Å². The fraction of sp³-hybridized carbons (Fsp3) is 0.500. The molecule has 0 saturated carbocycles. The summed E-state index contributed by atoms with van der Waals surface area (Å²) in [5.41, 5.74) is 1.09. The van der Waals surface area contributed by atoms with Crippen molar-refractivity contribution in [3.05, 3.63) is 70.8 Å². The summed E-state index contributed by atoms with van der Waals surface area (Å²) in [6.45, 7) is 5.54. The molecule has 3 saturated heterocycles. The predicted molar refractivity (Wildman–Crippen MR) is 141 cm³/mol. The Balaban J connectivity index is 1.11. The number of carbonyl (C=O) groups excluding carboxylic acids is 3. The van der Waals surface area contributed by atoms with Gasteiger partial charge in [-0.3, -0.25) is 19.4 Å². The highest BCUT2D eigenvalue weighted by Crippen LogP contribution is 2.35. The number of hydrogen-bond acceptors (Lipinski definition) is 5. The summed E-state index contributed by atoms with van der Waals surface area (Å²) in [6.07, 6.45) is -1.99. The topological polar surface area (TPSA) is 70.2 Å². The minimum absolute atomic E-state index is 0.0428. The number of halogens is 3. The third kappa shape index (κ3) is 6.32. The van der Waals surface area contributed by atoms with Crippen LogP contribution in [0.2, 0.25) is 0 Å². The SMILES string of the molecule is CC(=O)C1CCN(C(=O)c2ccc(CN3CC4(CCN(Cc5ccc(C(F)(F)F)cc5)CC4)OC3=O)cc2)CC1. The van der Waals surface area contributed by atoms with Crippen molar-refractivity contribution in [2.24, 2.45) is 5.92 Å². The lowest BCUT2D eigenvalue weighted by atomic mass is 9.91. The van der Waals surface area contributed by atoms with Crippen LogP contribution >= 0.6 is 0 Å². The maximum Gasteiger partial charge on any atom is 0.416 e. The zero-order valence-electron chi connectivity index (χ0n) is 22.6. The van der Waals surface area contributed by atoms with Crippen LogP contribution in [0.25, 0.3) is 0 Å². The largest absolute Gasteiger partial charge is 0.441 e. The first-order chi connectivity index (χ1) is 19.0. The van der Waals surface area contributed by atoms with Gasteiger partial charge in [-0.25, -0.2) is 4.79 Å². The Hall–Kier alpha value is -3.40. The van der Waals surface area contributed by atoms with E-state index < -0.39 is 17.3 Å². The molecule has 3 aliphatic heterocycles. The minimum atomic E-state index is -4.34. The van der Waals surface area contributed by atoms with E-state index in [4.69, 9.17) is 4.74 Å². The molecule has 2 aromatic carbocycles. The van der Waals surface area contributed by atoms with Gasteiger partial charge in [0.1, 0.15) is 11.4 Å². The van der Waals surface area contributed by atoms with Gasteiger partial charge in [-0.15, -0.1) is 0 Å². The molecule has 0 radical (unpaired) electrons. The molecule has 0 atom stereocenters. The zero-order chi connectivity index (χ0) is 28.5. The summed E-state index contributed by atoms with van der Waals surface area (Å²) in [6, 6.07) is 12.5. The van der Waals surface area contributed by atoms with E-state index in [2.05, 4.69) is 4.90 Å². The van der Waals surface area contributed by atoms with Gasteiger partial charge in [0, 0.05) is 63.6 Å². The summed E-state index contributed by atoms with van der Waals surface area (Å²) in [4.78, 5) is 42.8. The van der Waals surface area contributed by atoms with Crippen molar-refractivity contribution in [2.75, 3.05) is 32.7 Å². The van der Waals surface area contributed by atoms with Gasteiger partial charge in [0.25, 0.3) is 5.91 Å². The van der Waals surface area contributed by atoms with E-state index in [1.807, 2.05) is 12.1 Å². The number of piperidine rings is 2. The number of ether oxygens (including phenoxy) is 1. The van der Waals surface area contributed by atoms with Crippen LogP contribution in [0, 0.1) is 5.92 Å². The van der Waals surface area contributed by atoms with Crippen LogP contribution in [0.3, 0.4) is 0 Å². The fourth-order valence-electron chi connectivity index (χ4n) is 5.90. The van der Waals surface area contributed by atoms with Crippen LogP contribution in [0.1, 0.15) is 59.7 Å². The van der Waals surface area contributed by atoms with Crippen molar-refractivity contribution >= 4 is 17.8 Å². The second-order valence-electron chi connectivity index (χ2n) is 11.3. The van der Waals surface area contributed by atoms with Crippen molar-refractivity contribution in [3.63, 3.8) is 0 Å². The summed E-state index contributed by atoms with van der Waals surface area (Å²) in [7, 11) is 0. The van der Waals surface area contributed by atoms with Gasteiger partial charge in [-0.1, -0.05) is 24.3 Å². The molecule has 10 heteroatoms. The quantitative estimate of drug-likeness (QED) is 0.493. The predicted octanol–water partition coefficient (Wildman–Crippen LogP) is 5.13. The molecule has 0 aliphatic carbocycles. The van der Waals surface area contributed by atoms with Crippen LogP contribution in [-0.2, 0) is 28.8 Å². The Bertz CT molecular complexity index is 1230. The molecule has 3 heterocycles. The van der Waals surface area contributed by atoms with Crippen LogP contribution in [0.15, 0.2) is 48.5 Å². The van der Waals surface area contributed by atoms with Crippen molar-refractivity contribution in [1.82, 2.24) is 14.7 Å². The lowest BCUT2D eigenvalue weighted by molar-refractivity contribution is -0.137. The van der Waals surface area contributed by atoms with Crippen LogP contribution < -0.4 is 0 Å². The Morgan fingerprint density at radius 2 is 1.48 bits per heavy atom. The lowest BCUT2D eigenvalue weighted by Crippen LogP contribution is -2.46. The normalized spacial score (nSPS) is 20.1. The van der Waals surface area contributed by atoms with Gasteiger partial charge in [0.05, 0.1) is 12.1 Å². The molecule has 0 aromatic heterocycles. The summed E-state index contributed by atoms with van der Waals surface area (Å²) < 4.78 is 44.3. The zero-order valence-corrected chi connectivity index (χ0v) is 22.6. The molecule has 214 valence electrons. The van der Waals surface area contributed by atoms with E-state index in [0.717, 1.165) is 23.3 Å². The van der Waals surface area contributed by atoms with E-state index in [9.17, 15) is 27.6 Å². The number of amides is 2. The Morgan fingerprint density at radius 3 is 2.05 bits per heavy atom. The second kappa shape index (κ2) is 11.2. The maximum atomic E-state index is 12.9. The first-order valence-corrected chi connectivity index (χ1v) is 13.8. The number of ketones is 1. The molecular weight excluding hydrogens is 523 g/mol. The maximum absolute atomic E-state index is 12.9. The number of hydrogen-bond donors (Lipinski definition) is 0. The Morgan fingerprint density at radius 1 is 0.900 bits per heavy atom. The molecule has 0 bridgehead atoms. The van der Waals surface area contributed by atoms with Gasteiger partial charge in [-0.2, -0.15) is 13.2 Å². The Kier molecular flexibility index (Phi) is 7.90. The second-order valence-corrected chi connectivity index (χ2v) is 11.3. The molecule has 3 aliphatic rings. The van der Waals surface area contributed by atoms with E-state index in [1.54, 1.807) is 28.9 Å². The molecule has 2 amide bonds. The van der Waals surface area contributed by atoms with Crippen molar-refractivity contribution in [2.45, 2.75) is 57.5 Å². The lowest BCUT2D eigenvalue weighted by Gasteiger charge is -2.37. The highest BCUT2D eigenvalue weighted by Gasteiger charge is 2.46. The van der Waals surface area contributed by atoms with Crippen molar-refractivity contribution in [3.8, 4) is 0 Å². The first kappa shape index (κ1) is 28.1. The fourth-order valence-corrected chi connectivity index (χ4v) is 5.90. The van der Waals surface area contributed by atoms with Gasteiger partial charge in [-0.05, 0) is 55.2 Å². The third-order valence-corrected chi connectivity index (χ3v) is 8.43.